The van der Waals surface area contributed by atoms with Gasteiger partial charge in [-0.25, -0.2) is 0 Å². The summed E-state index contributed by atoms with van der Waals surface area (Å²) in [4.78, 5) is 0. The smallest absolute Gasteiger partial charge is 0.192 e. The van der Waals surface area contributed by atoms with Gasteiger partial charge in [0, 0.05) is 11.6 Å². The van der Waals surface area contributed by atoms with Gasteiger partial charge in [-0.1, -0.05) is 12.2 Å². The summed E-state index contributed by atoms with van der Waals surface area (Å²) in [6, 6.07) is 1.67. The summed E-state index contributed by atoms with van der Waals surface area (Å²) in [7, 11) is 0. The van der Waals surface area contributed by atoms with E-state index in [1.807, 2.05) is 12.3 Å². The van der Waals surface area contributed by atoms with E-state index in [-0.39, 0.29) is 0 Å². The van der Waals surface area contributed by atoms with Crippen molar-refractivity contribution in [1.82, 2.24) is 0 Å². The molecule has 0 aliphatic carbocycles. The number of rotatable bonds is 0. The van der Waals surface area contributed by atoms with E-state index in [9.17, 15) is 0 Å². The first kappa shape index (κ1) is 7.76. The van der Waals surface area contributed by atoms with Crippen molar-refractivity contribution in [3.8, 4) is 0 Å². The maximum Gasteiger partial charge on any atom is 0.192 e. The summed E-state index contributed by atoms with van der Waals surface area (Å²) in [6.45, 7) is 1.98. The molecule has 0 saturated carbocycles. The molecule has 2 rings (SSSR count). The summed E-state index contributed by atoms with van der Waals surface area (Å²) < 4.78 is 7.12. The van der Waals surface area contributed by atoms with Crippen LogP contribution >= 0.6 is 23.6 Å². The molecule has 0 unspecified atom stereocenters. The lowest BCUT2D eigenvalue weighted by molar-refractivity contribution is 0.624. The monoisotopic (exact) mass is 197 g/mol. The lowest BCUT2D eigenvalue weighted by atomic mass is 10.3. The minimum Gasteiger partial charge on any atom is -0.440 e. The van der Waals surface area contributed by atoms with Crippen molar-refractivity contribution in [3.05, 3.63) is 21.5 Å². The van der Waals surface area contributed by atoms with Gasteiger partial charge in [0.25, 0.3) is 0 Å². The van der Waals surface area contributed by atoms with Crippen molar-refractivity contribution in [3.63, 3.8) is 0 Å². The van der Waals surface area contributed by atoms with E-state index in [1.165, 1.54) is 0 Å². The Kier molecular flexibility index (Phi) is 1.66. The third kappa shape index (κ3) is 1.04. The molecule has 2 aromatic rings. The Balaban J connectivity index is 3.03. The standard InChI is InChI=1S/C8H7NOS2/c1-4-3-12-8-5(11)2-6(9)10-7(4)8/h2-3H,9H2,1H3. The van der Waals surface area contributed by atoms with Gasteiger partial charge in [0.15, 0.2) is 11.5 Å². The first-order valence-corrected chi connectivity index (χ1v) is 4.74. The normalized spacial score (nSPS) is 10.8. The van der Waals surface area contributed by atoms with Crippen LogP contribution in [-0.4, -0.2) is 0 Å². The van der Waals surface area contributed by atoms with E-state index in [2.05, 4.69) is 0 Å². The van der Waals surface area contributed by atoms with E-state index in [0.29, 0.717) is 5.88 Å². The van der Waals surface area contributed by atoms with E-state index >= 15 is 0 Å². The Morgan fingerprint density at radius 1 is 1.58 bits per heavy atom. The predicted molar refractivity (Wildman–Crippen MR) is 54.1 cm³/mol. The molecule has 2 heterocycles. The predicted octanol–water partition coefficient (Wildman–Crippen LogP) is 3.11. The molecule has 2 N–H and O–H groups in total. The second kappa shape index (κ2) is 2.57. The van der Waals surface area contributed by atoms with Crippen LogP contribution in [0.3, 0.4) is 0 Å². The highest BCUT2D eigenvalue weighted by Crippen LogP contribution is 2.28. The van der Waals surface area contributed by atoms with Gasteiger partial charge in [0.1, 0.15) is 0 Å². The summed E-state index contributed by atoms with van der Waals surface area (Å²) in [5.41, 5.74) is 7.44. The Labute approximate surface area is 78.6 Å². The van der Waals surface area contributed by atoms with Crippen molar-refractivity contribution in [2.75, 3.05) is 5.73 Å². The van der Waals surface area contributed by atoms with Crippen molar-refractivity contribution in [1.29, 1.82) is 0 Å². The first-order valence-electron chi connectivity index (χ1n) is 3.46. The topological polar surface area (TPSA) is 39.2 Å². The molecule has 0 aromatic carbocycles. The lowest BCUT2D eigenvalue weighted by Gasteiger charge is -1.94. The van der Waals surface area contributed by atoms with Gasteiger partial charge in [-0.2, -0.15) is 0 Å². The second-order valence-corrected chi connectivity index (χ2v) is 3.91. The highest BCUT2D eigenvalue weighted by atomic mass is 32.1. The van der Waals surface area contributed by atoms with E-state index < -0.39 is 0 Å². The fourth-order valence-electron chi connectivity index (χ4n) is 1.07. The summed E-state index contributed by atoms with van der Waals surface area (Å²) in [6.07, 6.45) is 0. The number of anilines is 1. The molecule has 2 aromatic heterocycles. The van der Waals surface area contributed by atoms with Gasteiger partial charge >= 0.3 is 0 Å². The molecule has 62 valence electrons. The molecule has 0 aliphatic rings. The van der Waals surface area contributed by atoms with E-state index in [1.54, 1.807) is 17.4 Å². The zero-order valence-electron chi connectivity index (χ0n) is 6.46. The van der Waals surface area contributed by atoms with Crippen LogP contribution in [0, 0.1) is 11.4 Å². The highest BCUT2D eigenvalue weighted by Gasteiger charge is 2.04. The van der Waals surface area contributed by atoms with Gasteiger partial charge < -0.3 is 10.2 Å². The number of hydrogen-bond donors (Lipinski definition) is 1. The number of aryl methyl sites for hydroxylation is 1. The van der Waals surface area contributed by atoms with Gasteiger partial charge in [-0.3, -0.25) is 0 Å². The fourth-order valence-corrected chi connectivity index (χ4v) is 2.31. The molecule has 2 nitrogen and oxygen atoms in total. The van der Waals surface area contributed by atoms with Gasteiger partial charge in [-0.15, -0.1) is 11.3 Å². The highest BCUT2D eigenvalue weighted by molar-refractivity contribution is 7.72. The van der Waals surface area contributed by atoms with Crippen LogP contribution in [0.15, 0.2) is 15.9 Å². The van der Waals surface area contributed by atoms with Crippen molar-refractivity contribution in [2.24, 2.45) is 0 Å². The van der Waals surface area contributed by atoms with Crippen LogP contribution in [-0.2, 0) is 0 Å². The molecule has 4 heteroatoms. The molecular weight excluding hydrogens is 190 g/mol. The number of nitrogen functional groups attached to an aromatic ring is 1. The van der Waals surface area contributed by atoms with Crippen LogP contribution in [0.25, 0.3) is 10.3 Å². The molecule has 0 saturated heterocycles. The Morgan fingerprint density at radius 2 is 2.33 bits per heavy atom. The Hall–Kier alpha value is -0.870. The molecule has 0 aliphatic heterocycles. The number of nitrogens with two attached hydrogens (primary N) is 1. The quantitative estimate of drug-likeness (QED) is 0.659. The van der Waals surface area contributed by atoms with Crippen LogP contribution in [0.1, 0.15) is 5.56 Å². The molecular formula is C8H7NOS2. The van der Waals surface area contributed by atoms with E-state index in [4.69, 9.17) is 22.4 Å². The summed E-state index contributed by atoms with van der Waals surface area (Å²) in [5.74, 6) is 0.383. The van der Waals surface area contributed by atoms with Gasteiger partial charge in [-0.05, 0) is 12.3 Å². The molecule has 0 fully saturated rings. The molecule has 0 amide bonds. The Bertz CT molecular complexity index is 483. The van der Waals surface area contributed by atoms with Gasteiger partial charge in [0.2, 0.25) is 0 Å². The fraction of sp³-hybridized carbons (Fsp3) is 0.125. The number of hydrogen-bond acceptors (Lipinski definition) is 4. The van der Waals surface area contributed by atoms with Crippen LogP contribution in [0.2, 0.25) is 0 Å². The molecule has 0 radical (unpaired) electrons. The third-order valence-corrected chi connectivity index (χ3v) is 3.20. The molecule has 12 heavy (non-hydrogen) atoms. The summed E-state index contributed by atoms with van der Waals surface area (Å²) in [5, 5.41) is 2.02. The molecule has 0 bridgehead atoms. The van der Waals surface area contributed by atoms with Crippen LogP contribution in [0.4, 0.5) is 5.88 Å². The maximum atomic E-state index is 5.52. The van der Waals surface area contributed by atoms with E-state index in [0.717, 1.165) is 20.4 Å². The van der Waals surface area contributed by atoms with Crippen LogP contribution in [0.5, 0.6) is 0 Å². The van der Waals surface area contributed by atoms with Crippen molar-refractivity contribution < 1.29 is 4.42 Å². The first-order chi connectivity index (χ1) is 5.68. The zero-order valence-corrected chi connectivity index (χ0v) is 8.09. The van der Waals surface area contributed by atoms with Crippen LogP contribution < -0.4 is 5.73 Å². The molecule has 0 spiro atoms. The number of fused-ring (bicyclic) bond motifs is 1. The SMILES string of the molecule is Cc1csc2c(=S)cc(N)oc12. The largest absolute Gasteiger partial charge is 0.440 e. The Morgan fingerprint density at radius 3 is 3.08 bits per heavy atom. The third-order valence-electron chi connectivity index (χ3n) is 1.63. The molecule has 0 atom stereocenters. The van der Waals surface area contributed by atoms with Gasteiger partial charge in [0.05, 0.1) is 9.21 Å². The number of thiophene rings is 1. The maximum absolute atomic E-state index is 5.52. The minimum atomic E-state index is 0.383. The zero-order chi connectivity index (χ0) is 8.72. The average molecular weight is 197 g/mol. The lowest BCUT2D eigenvalue weighted by Crippen LogP contribution is -1.83. The minimum absolute atomic E-state index is 0.383. The summed E-state index contributed by atoms with van der Waals surface area (Å²) >= 11 is 6.72. The van der Waals surface area contributed by atoms with Crippen molar-refractivity contribution in [2.45, 2.75) is 6.92 Å². The second-order valence-electron chi connectivity index (χ2n) is 2.59. The average Bonchev–Trinajstić information content (AvgIpc) is 2.33. The van der Waals surface area contributed by atoms with Crippen molar-refractivity contribution >= 4 is 39.7 Å².